The second-order valence-corrected chi connectivity index (χ2v) is 13.8. The molecule has 0 radical (unpaired) electrons. The smallest absolute Gasteiger partial charge is 0.246 e. The van der Waals surface area contributed by atoms with Crippen LogP contribution in [0, 0.1) is 12.8 Å². The van der Waals surface area contributed by atoms with Crippen LogP contribution in [0.2, 0.25) is 0 Å². The van der Waals surface area contributed by atoms with Crippen LogP contribution in [-0.4, -0.2) is 85.1 Å². The molecule has 4 rings (SSSR count). The molecule has 1 aliphatic rings. The highest BCUT2D eigenvalue weighted by Crippen LogP contribution is 2.31. The van der Waals surface area contributed by atoms with Crippen molar-refractivity contribution < 1.29 is 32.3 Å². The van der Waals surface area contributed by atoms with Gasteiger partial charge < -0.3 is 25.4 Å². The van der Waals surface area contributed by atoms with Gasteiger partial charge in [0.25, 0.3) is 0 Å². The second kappa shape index (κ2) is 16.6. The van der Waals surface area contributed by atoms with Gasteiger partial charge in [-0.3, -0.25) is 14.4 Å². The molecule has 0 aliphatic carbocycles. The van der Waals surface area contributed by atoms with Gasteiger partial charge in [0.15, 0.2) is 5.82 Å². The van der Waals surface area contributed by atoms with E-state index in [1.807, 2.05) is 44.2 Å². The van der Waals surface area contributed by atoms with Gasteiger partial charge in [0.2, 0.25) is 27.7 Å². The minimum Gasteiger partial charge on any atom is -0.497 e. The van der Waals surface area contributed by atoms with Crippen LogP contribution in [0.5, 0.6) is 11.5 Å². The average Bonchev–Trinajstić information content (AvgIpc) is 3.42. The molecule has 0 bridgehead atoms. The summed E-state index contributed by atoms with van der Waals surface area (Å²) in [4.78, 5) is 44.7. The van der Waals surface area contributed by atoms with E-state index in [0.29, 0.717) is 23.8 Å². The molecule has 14 nitrogen and oxygen atoms in total. The minimum atomic E-state index is -4.11. The van der Waals surface area contributed by atoms with Gasteiger partial charge in [0, 0.05) is 38.5 Å². The van der Waals surface area contributed by atoms with Crippen molar-refractivity contribution in [3.8, 4) is 11.5 Å². The van der Waals surface area contributed by atoms with Gasteiger partial charge in [-0.15, -0.1) is 0 Å². The highest BCUT2D eigenvalue weighted by Gasteiger charge is 2.31. The number of rotatable bonds is 7. The van der Waals surface area contributed by atoms with Crippen LogP contribution in [0.3, 0.4) is 0 Å². The zero-order valence-electron chi connectivity index (χ0n) is 28.1. The predicted octanol–water partition coefficient (Wildman–Crippen LogP) is 2.14. The van der Waals surface area contributed by atoms with Crippen molar-refractivity contribution >= 4 is 27.7 Å². The van der Waals surface area contributed by atoms with E-state index in [-0.39, 0.29) is 67.9 Å². The predicted molar refractivity (Wildman–Crippen MR) is 178 cm³/mol. The molecule has 2 atom stereocenters. The first-order chi connectivity index (χ1) is 22.9. The molecule has 260 valence electrons. The Morgan fingerprint density at radius 2 is 1.69 bits per heavy atom. The molecule has 15 heteroatoms. The van der Waals surface area contributed by atoms with Crippen LogP contribution >= 0.6 is 0 Å². The van der Waals surface area contributed by atoms with E-state index in [4.69, 9.17) is 9.47 Å². The SMILES string of the molecule is COc1ccc(OC)c(S(=O)(=O)N2CCCNC(=O)Cn3nc(C)nc3[C@H](C(C)C)NC(=O)[C@@H](Cc3ccccc3)NC(=O)CCC2)c1. The Morgan fingerprint density at radius 3 is 2.38 bits per heavy atom. The van der Waals surface area contributed by atoms with Gasteiger partial charge in [-0.25, -0.2) is 18.1 Å². The fourth-order valence-corrected chi connectivity index (χ4v) is 7.18. The minimum absolute atomic E-state index is 0.0105. The molecule has 3 N–H and O–H groups in total. The lowest BCUT2D eigenvalue weighted by atomic mass is 10.0. The van der Waals surface area contributed by atoms with Gasteiger partial charge in [-0.05, 0) is 43.4 Å². The molecular weight excluding hydrogens is 638 g/mol. The molecule has 3 aromatic rings. The number of aromatic nitrogens is 3. The molecule has 0 spiro atoms. The molecule has 2 aromatic carbocycles. The first kappa shape index (κ1) is 36.3. The molecule has 0 saturated heterocycles. The summed E-state index contributed by atoms with van der Waals surface area (Å²) in [5.41, 5.74) is 0.848. The Balaban J connectivity index is 1.66. The molecule has 1 aromatic heterocycles. The molecule has 48 heavy (non-hydrogen) atoms. The quantitative estimate of drug-likeness (QED) is 0.337. The van der Waals surface area contributed by atoms with E-state index >= 15 is 0 Å². The van der Waals surface area contributed by atoms with Crippen LogP contribution in [0.4, 0.5) is 0 Å². The first-order valence-electron chi connectivity index (χ1n) is 16.0. The lowest BCUT2D eigenvalue weighted by Gasteiger charge is -2.26. The van der Waals surface area contributed by atoms with Crippen LogP contribution in [0.15, 0.2) is 53.4 Å². The number of carbonyl (C=O) groups excluding carboxylic acids is 3. The Kier molecular flexibility index (Phi) is 12.5. The Hall–Kier alpha value is -4.50. The number of nitrogens with zero attached hydrogens (tertiary/aromatic N) is 4. The summed E-state index contributed by atoms with van der Waals surface area (Å²) >= 11 is 0. The van der Waals surface area contributed by atoms with Crippen LogP contribution < -0.4 is 25.4 Å². The number of methoxy groups -OCH3 is 2. The molecule has 0 fully saturated rings. The van der Waals surface area contributed by atoms with Gasteiger partial charge in [0.1, 0.15) is 34.8 Å². The number of fused-ring (bicyclic) bond motifs is 1. The van der Waals surface area contributed by atoms with Gasteiger partial charge in [-0.2, -0.15) is 9.40 Å². The van der Waals surface area contributed by atoms with E-state index in [1.165, 1.54) is 35.3 Å². The molecule has 3 amide bonds. The fourth-order valence-electron chi connectivity index (χ4n) is 5.49. The third kappa shape index (κ3) is 9.31. The normalized spacial score (nSPS) is 19.3. The van der Waals surface area contributed by atoms with E-state index in [0.717, 1.165) is 5.56 Å². The van der Waals surface area contributed by atoms with Crippen molar-refractivity contribution in [1.82, 2.24) is 35.0 Å². The Bertz CT molecular complexity index is 1680. The molecule has 1 aliphatic heterocycles. The largest absolute Gasteiger partial charge is 0.497 e. The average molecular weight is 684 g/mol. The summed E-state index contributed by atoms with van der Waals surface area (Å²) < 4.78 is 41.3. The maximum absolute atomic E-state index is 14.0. The molecule has 0 saturated carbocycles. The zero-order chi connectivity index (χ0) is 34.8. The number of hydrogen-bond acceptors (Lipinski definition) is 9. The summed E-state index contributed by atoms with van der Waals surface area (Å²) in [6.45, 7) is 5.67. The van der Waals surface area contributed by atoms with Gasteiger partial charge in [0.05, 0.1) is 20.3 Å². The highest BCUT2D eigenvalue weighted by atomic mass is 32.2. The maximum Gasteiger partial charge on any atom is 0.246 e. The number of carbonyl (C=O) groups is 3. The van der Waals surface area contributed by atoms with E-state index < -0.39 is 33.9 Å². The molecule has 2 heterocycles. The van der Waals surface area contributed by atoms with Crippen molar-refractivity contribution in [2.24, 2.45) is 5.92 Å². The summed E-state index contributed by atoms with van der Waals surface area (Å²) in [5.74, 6) is 0.0764. The summed E-state index contributed by atoms with van der Waals surface area (Å²) in [6.07, 6.45) is 0.683. The number of aryl methyl sites for hydroxylation is 1. The van der Waals surface area contributed by atoms with E-state index in [2.05, 4.69) is 26.0 Å². The number of sulfonamides is 1. The lowest BCUT2D eigenvalue weighted by molar-refractivity contribution is -0.129. The number of ether oxygens (including phenoxy) is 2. The number of hydrogen-bond donors (Lipinski definition) is 3. The maximum atomic E-state index is 14.0. The topological polar surface area (TPSA) is 174 Å². The van der Waals surface area contributed by atoms with Crippen molar-refractivity contribution in [2.75, 3.05) is 33.9 Å². The Labute approximate surface area is 281 Å². The van der Waals surface area contributed by atoms with E-state index in [1.54, 1.807) is 13.0 Å². The van der Waals surface area contributed by atoms with Crippen LogP contribution in [0.25, 0.3) is 0 Å². The highest BCUT2D eigenvalue weighted by molar-refractivity contribution is 7.89. The fraction of sp³-hybridized carbons (Fsp3) is 0.485. The standard InChI is InChI=1S/C33H45N7O7S/c1-22(2)31-32-35-23(3)38-40(32)21-30(42)34-16-10-18-39(48(44,45)28-20-25(46-4)14-15-27(28)47-5)17-9-13-29(41)36-26(33(43)37-31)19-24-11-7-6-8-12-24/h6-8,11-12,14-15,20,22,26,31H,9-10,13,16-19,21H2,1-5H3,(H,34,42)(H,36,41)(H,37,43)/t26-,31+/m1/s1. The number of nitrogens with one attached hydrogen (secondary N) is 3. The number of benzene rings is 2. The van der Waals surface area contributed by atoms with Crippen LogP contribution in [0.1, 0.15) is 56.4 Å². The van der Waals surface area contributed by atoms with Crippen molar-refractivity contribution in [2.45, 2.75) is 70.0 Å². The molecular formula is C33H45N7O7S. The van der Waals surface area contributed by atoms with Crippen molar-refractivity contribution in [3.63, 3.8) is 0 Å². The summed E-state index contributed by atoms with van der Waals surface area (Å²) in [6, 6.07) is 12.3. The third-order valence-electron chi connectivity index (χ3n) is 7.98. The monoisotopic (exact) mass is 683 g/mol. The number of amides is 3. The lowest BCUT2D eigenvalue weighted by Crippen LogP contribution is -2.50. The second-order valence-electron chi connectivity index (χ2n) is 11.9. The summed E-state index contributed by atoms with van der Waals surface area (Å²) in [5, 5.41) is 13.2. The van der Waals surface area contributed by atoms with Crippen molar-refractivity contribution in [3.05, 3.63) is 65.7 Å². The molecule has 0 unspecified atom stereocenters. The third-order valence-corrected chi connectivity index (χ3v) is 9.90. The first-order valence-corrected chi connectivity index (χ1v) is 17.4. The zero-order valence-corrected chi connectivity index (χ0v) is 28.9. The van der Waals surface area contributed by atoms with Crippen molar-refractivity contribution in [1.29, 1.82) is 0 Å². The van der Waals surface area contributed by atoms with Gasteiger partial charge in [-0.1, -0.05) is 44.2 Å². The summed E-state index contributed by atoms with van der Waals surface area (Å²) in [7, 11) is -1.29. The van der Waals surface area contributed by atoms with Gasteiger partial charge >= 0.3 is 0 Å². The van der Waals surface area contributed by atoms with Crippen LogP contribution in [-0.2, 0) is 37.4 Å². The Morgan fingerprint density at radius 1 is 0.958 bits per heavy atom. The van der Waals surface area contributed by atoms with E-state index in [9.17, 15) is 22.8 Å².